The number of nitrogens with two attached hydrogens (primary N) is 1. The van der Waals surface area contributed by atoms with Crippen LogP contribution in [0.2, 0.25) is 0 Å². The fourth-order valence-electron chi connectivity index (χ4n) is 5.78. The molecule has 2 amide bonds. The lowest BCUT2D eigenvalue weighted by Gasteiger charge is -2.41. The van der Waals surface area contributed by atoms with Crippen molar-refractivity contribution in [3.05, 3.63) is 65.4 Å². The SMILES string of the molecule is CC(C)(N)C(=O)NC(Cc1c[nH]c2ccc(F)cc12)C(=O)N1CCC2(CC1)CN(S(C)(=O)=O)c1ccc(F)cc12. The number of carbonyl (C=O) groups excluding carboxylic acids is 2. The van der Waals surface area contributed by atoms with E-state index in [9.17, 15) is 26.8 Å². The Morgan fingerprint density at radius 1 is 1.12 bits per heavy atom. The van der Waals surface area contributed by atoms with Crippen LogP contribution in [0, 0.1) is 11.6 Å². The maximum atomic E-state index is 14.3. The number of halogens is 2. The largest absolute Gasteiger partial charge is 0.361 e. The van der Waals surface area contributed by atoms with E-state index in [1.807, 2.05) is 0 Å². The molecule has 1 saturated heterocycles. The van der Waals surface area contributed by atoms with Crippen LogP contribution < -0.4 is 15.4 Å². The number of benzene rings is 2. The number of aromatic nitrogens is 1. The Hall–Kier alpha value is -3.51. The van der Waals surface area contributed by atoms with E-state index in [4.69, 9.17) is 5.73 Å². The zero-order chi connectivity index (χ0) is 29.0. The summed E-state index contributed by atoms with van der Waals surface area (Å²) in [5.41, 5.74) is 6.59. The molecule has 12 heteroatoms. The number of hydrogen-bond donors (Lipinski definition) is 3. The van der Waals surface area contributed by atoms with Crippen molar-refractivity contribution in [3.8, 4) is 0 Å². The third-order valence-electron chi connectivity index (χ3n) is 8.02. The zero-order valence-electron chi connectivity index (χ0n) is 22.6. The molecule has 0 radical (unpaired) electrons. The van der Waals surface area contributed by atoms with Gasteiger partial charge in [0.2, 0.25) is 21.8 Å². The monoisotopic (exact) mass is 573 g/mol. The molecule has 2 aliphatic heterocycles. The van der Waals surface area contributed by atoms with E-state index < -0.39 is 44.6 Å². The molecule has 1 fully saturated rings. The normalized spacial score (nSPS) is 17.8. The summed E-state index contributed by atoms with van der Waals surface area (Å²) in [6.45, 7) is 3.83. The molecule has 1 atom stereocenters. The quantitative estimate of drug-likeness (QED) is 0.418. The lowest BCUT2D eigenvalue weighted by molar-refractivity contribution is -0.138. The van der Waals surface area contributed by atoms with Gasteiger partial charge in [0, 0.05) is 48.6 Å². The average Bonchev–Trinajstić information content (AvgIpc) is 3.41. The minimum atomic E-state index is -3.58. The first-order valence-electron chi connectivity index (χ1n) is 13.1. The molecule has 1 unspecified atom stereocenters. The summed E-state index contributed by atoms with van der Waals surface area (Å²) in [5, 5.41) is 3.40. The molecule has 1 spiro atoms. The molecular formula is C28H33F2N5O4S. The maximum absolute atomic E-state index is 14.3. The van der Waals surface area contributed by atoms with Gasteiger partial charge in [0.05, 0.1) is 17.5 Å². The highest BCUT2D eigenvalue weighted by Crippen LogP contribution is 2.48. The molecule has 4 N–H and O–H groups in total. The zero-order valence-corrected chi connectivity index (χ0v) is 23.4. The van der Waals surface area contributed by atoms with Crippen LogP contribution in [0.3, 0.4) is 0 Å². The number of aromatic amines is 1. The second-order valence-corrected chi connectivity index (χ2v) is 13.4. The first-order valence-corrected chi connectivity index (χ1v) is 14.9. The number of likely N-dealkylation sites (tertiary alicyclic amines) is 1. The third-order valence-corrected chi connectivity index (χ3v) is 9.15. The van der Waals surface area contributed by atoms with Gasteiger partial charge in [-0.3, -0.25) is 13.9 Å². The fourth-order valence-corrected chi connectivity index (χ4v) is 6.78. The highest BCUT2D eigenvalue weighted by Gasteiger charge is 2.48. The van der Waals surface area contributed by atoms with E-state index >= 15 is 0 Å². The topological polar surface area (TPSA) is 129 Å². The Morgan fingerprint density at radius 2 is 1.77 bits per heavy atom. The second-order valence-electron chi connectivity index (χ2n) is 11.5. The number of amides is 2. The smallest absolute Gasteiger partial charge is 0.245 e. The van der Waals surface area contributed by atoms with Crippen molar-refractivity contribution < 1.29 is 26.8 Å². The van der Waals surface area contributed by atoms with Gasteiger partial charge in [0.25, 0.3) is 0 Å². The number of rotatable bonds is 6. The van der Waals surface area contributed by atoms with Crippen LogP contribution >= 0.6 is 0 Å². The first kappa shape index (κ1) is 28.0. The summed E-state index contributed by atoms with van der Waals surface area (Å²) in [6, 6.07) is 7.49. The number of sulfonamides is 1. The van der Waals surface area contributed by atoms with Crippen molar-refractivity contribution in [1.82, 2.24) is 15.2 Å². The number of carbonyl (C=O) groups is 2. The van der Waals surface area contributed by atoms with Crippen molar-refractivity contribution in [2.45, 2.75) is 50.1 Å². The van der Waals surface area contributed by atoms with Gasteiger partial charge in [-0.15, -0.1) is 0 Å². The van der Waals surface area contributed by atoms with E-state index in [-0.39, 0.29) is 32.0 Å². The third kappa shape index (κ3) is 5.17. The van der Waals surface area contributed by atoms with Crippen molar-refractivity contribution in [2.24, 2.45) is 5.73 Å². The Kier molecular flexibility index (Phi) is 6.90. The van der Waals surface area contributed by atoms with E-state index in [1.54, 1.807) is 31.0 Å². The molecule has 0 aliphatic carbocycles. The number of H-pyrrole nitrogens is 1. The molecule has 5 rings (SSSR count). The van der Waals surface area contributed by atoms with Gasteiger partial charge in [-0.2, -0.15) is 0 Å². The van der Waals surface area contributed by atoms with E-state index in [1.165, 1.54) is 34.6 Å². The lowest BCUT2D eigenvalue weighted by Crippen LogP contribution is -2.58. The molecule has 3 aromatic rings. The molecule has 9 nitrogen and oxygen atoms in total. The summed E-state index contributed by atoms with van der Waals surface area (Å²) >= 11 is 0. The molecule has 1 aromatic heterocycles. The summed E-state index contributed by atoms with van der Waals surface area (Å²) in [7, 11) is -3.58. The van der Waals surface area contributed by atoms with E-state index in [0.29, 0.717) is 40.6 Å². The van der Waals surface area contributed by atoms with Crippen LogP contribution in [0.1, 0.15) is 37.8 Å². The molecule has 2 aromatic carbocycles. The Morgan fingerprint density at radius 3 is 2.42 bits per heavy atom. The van der Waals surface area contributed by atoms with Gasteiger partial charge >= 0.3 is 0 Å². The van der Waals surface area contributed by atoms with Gasteiger partial charge in [0.1, 0.15) is 17.7 Å². The minimum absolute atomic E-state index is 0.113. The van der Waals surface area contributed by atoms with E-state index in [0.717, 1.165) is 6.26 Å². The molecule has 0 bridgehead atoms. The van der Waals surface area contributed by atoms with Gasteiger partial charge in [-0.25, -0.2) is 17.2 Å². The first-order chi connectivity index (χ1) is 18.7. The molecule has 3 heterocycles. The molecular weight excluding hydrogens is 540 g/mol. The fraction of sp³-hybridized carbons (Fsp3) is 0.429. The van der Waals surface area contributed by atoms with Crippen LogP contribution in [-0.2, 0) is 31.4 Å². The second kappa shape index (κ2) is 9.84. The number of anilines is 1. The Labute approximate surface area is 231 Å². The Balaban J connectivity index is 1.40. The molecule has 0 saturated carbocycles. The highest BCUT2D eigenvalue weighted by molar-refractivity contribution is 7.92. The predicted octanol–water partition coefficient (Wildman–Crippen LogP) is 2.55. The van der Waals surface area contributed by atoms with Crippen LogP contribution in [-0.4, -0.2) is 67.6 Å². The van der Waals surface area contributed by atoms with Crippen molar-refractivity contribution in [2.75, 3.05) is 30.2 Å². The summed E-state index contributed by atoms with van der Waals surface area (Å²) in [5.74, 6) is -1.69. The van der Waals surface area contributed by atoms with Gasteiger partial charge in [0.15, 0.2) is 0 Å². The summed E-state index contributed by atoms with van der Waals surface area (Å²) in [6.07, 6.45) is 3.77. The summed E-state index contributed by atoms with van der Waals surface area (Å²) < 4.78 is 54.6. The average molecular weight is 574 g/mol. The van der Waals surface area contributed by atoms with Crippen molar-refractivity contribution >= 4 is 38.4 Å². The predicted molar refractivity (Wildman–Crippen MR) is 148 cm³/mol. The van der Waals surface area contributed by atoms with Gasteiger partial charge in [-0.1, -0.05) is 0 Å². The van der Waals surface area contributed by atoms with Crippen LogP contribution in [0.5, 0.6) is 0 Å². The van der Waals surface area contributed by atoms with Gasteiger partial charge in [-0.05, 0) is 74.2 Å². The van der Waals surface area contributed by atoms with Crippen molar-refractivity contribution in [3.63, 3.8) is 0 Å². The number of fused-ring (bicyclic) bond motifs is 3. The highest BCUT2D eigenvalue weighted by atomic mass is 32.2. The van der Waals surface area contributed by atoms with Crippen LogP contribution in [0.15, 0.2) is 42.6 Å². The molecule has 2 aliphatic rings. The lowest BCUT2D eigenvalue weighted by atomic mass is 9.74. The maximum Gasteiger partial charge on any atom is 0.245 e. The molecule has 214 valence electrons. The van der Waals surface area contributed by atoms with Crippen LogP contribution in [0.4, 0.5) is 14.5 Å². The standard InChI is InChI=1S/C28H33F2N5O4S/c1-27(2,31)26(37)33-23(12-17-15-32-22-6-4-18(29)13-20(17)22)25(36)34-10-8-28(9-11-34)16-35(40(3,38)39)24-7-5-19(30)14-21(24)28/h4-7,13-15,23,32H,8-12,16,31H2,1-3H3,(H,33,37). The summed E-state index contributed by atoms with van der Waals surface area (Å²) in [4.78, 5) is 31.4. The number of hydrogen-bond acceptors (Lipinski definition) is 5. The van der Waals surface area contributed by atoms with Crippen LogP contribution in [0.25, 0.3) is 10.9 Å². The number of nitrogens with one attached hydrogen (secondary N) is 2. The van der Waals surface area contributed by atoms with Gasteiger partial charge < -0.3 is 20.9 Å². The Bertz CT molecular complexity index is 1590. The van der Waals surface area contributed by atoms with E-state index in [2.05, 4.69) is 10.3 Å². The minimum Gasteiger partial charge on any atom is -0.361 e. The number of piperidine rings is 1. The van der Waals surface area contributed by atoms with Crippen molar-refractivity contribution in [1.29, 1.82) is 0 Å². The molecule has 40 heavy (non-hydrogen) atoms. The number of nitrogens with zero attached hydrogens (tertiary/aromatic N) is 2.